The van der Waals surface area contributed by atoms with E-state index in [0.29, 0.717) is 0 Å². The molecule has 3 rings (SSSR count). The maximum absolute atomic E-state index is 12.7. The lowest BCUT2D eigenvalue weighted by Crippen LogP contribution is -2.42. The summed E-state index contributed by atoms with van der Waals surface area (Å²) in [5.41, 5.74) is 4.28. The standard InChI is InChI=1S/C18H19NO2/c1-12-9-15(21-2)7-8-16(12)18(20)17-10-13-5-3-4-6-14(13)11-19-17/h3-9,17,19H,10-11H2,1-2H3. The Morgan fingerprint density at radius 1 is 1.19 bits per heavy atom. The maximum atomic E-state index is 12.7. The first-order chi connectivity index (χ1) is 10.2. The number of carbonyl (C=O) groups is 1. The summed E-state index contributed by atoms with van der Waals surface area (Å²) in [6.07, 6.45) is 0.750. The fraction of sp³-hybridized carbons (Fsp3) is 0.278. The van der Waals surface area contributed by atoms with Crippen LogP contribution in [0.3, 0.4) is 0 Å². The van der Waals surface area contributed by atoms with Crippen LogP contribution < -0.4 is 10.1 Å². The highest BCUT2D eigenvalue weighted by atomic mass is 16.5. The Labute approximate surface area is 124 Å². The largest absolute Gasteiger partial charge is 0.497 e. The summed E-state index contributed by atoms with van der Waals surface area (Å²) in [4.78, 5) is 12.7. The average molecular weight is 281 g/mol. The lowest BCUT2D eigenvalue weighted by Gasteiger charge is -2.25. The van der Waals surface area contributed by atoms with E-state index in [2.05, 4.69) is 17.4 Å². The van der Waals surface area contributed by atoms with Crippen LogP contribution >= 0.6 is 0 Å². The number of carbonyl (C=O) groups excluding carboxylic acids is 1. The number of hydrogen-bond acceptors (Lipinski definition) is 3. The Hall–Kier alpha value is -2.13. The molecule has 0 fully saturated rings. The molecule has 0 saturated heterocycles. The number of ether oxygens (including phenoxy) is 1. The predicted octanol–water partition coefficient (Wildman–Crippen LogP) is 2.90. The van der Waals surface area contributed by atoms with E-state index in [1.165, 1.54) is 11.1 Å². The van der Waals surface area contributed by atoms with Crippen molar-refractivity contribution < 1.29 is 9.53 Å². The third-order valence-electron chi connectivity index (χ3n) is 4.10. The van der Waals surface area contributed by atoms with Gasteiger partial charge in [0.25, 0.3) is 0 Å². The molecular formula is C18H19NO2. The van der Waals surface area contributed by atoms with Gasteiger partial charge in [-0.25, -0.2) is 0 Å². The van der Waals surface area contributed by atoms with E-state index in [4.69, 9.17) is 4.74 Å². The summed E-state index contributed by atoms with van der Waals surface area (Å²) >= 11 is 0. The second kappa shape index (κ2) is 5.70. The molecule has 1 heterocycles. The van der Waals surface area contributed by atoms with E-state index in [1.807, 2.05) is 37.3 Å². The highest BCUT2D eigenvalue weighted by Gasteiger charge is 2.25. The topological polar surface area (TPSA) is 38.3 Å². The fourth-order valence-electron chi connectivity index (χ4n) is 2.87. The van der Waals surface area contributed by atoms with Crippen LogP contribution in [0.2, 0.25) is 0 Å². The molecule has 1 unspecified atom stereocenters. The smallest absolute Gasteiger partial charge is 0.180 e. The molecule has 0 spiro atoms. The number of benzene rings is 2. The van der Waals surface area contributed by atoms with E-state index in [0.717, 1.165) is 29.8 Å². The van der Waals surface area contributed by atoms with Gasteiger partial charge in [0.15, 0.2) is 5.78 Å². The molecule has 1 aliphatic rings. The monoisotopic (exact) mass is 281 g/mol. The quantitative estimate of drug-likeness (QED) is 0.879. The number of Topliss-reactive ketones (excluding diaryl/α,β-unsaturated/α-hetero) is 1. The minimum Gasteiger partial charge on any atom is -0.497 e. The normalized spacial score (nSPS) is 17.1. The number of nitrogens with one attached hydrogen (secondary N) is 1. The van der Waals surface area contributed by atoms with Gasteiger partial charge < -0.3 is 10.1 Å². The van der Waals surface area contributed by atoms with Crippen molar-refractivity contribution in [3.63, 3.8) is 0 Å². The zero-order valence-electron chi connectivity index (χ0n) is 12.3. The van der Waals surface area contributed by atoms with Gasteiger partial charge in [0, 0.05) is 12.1 Å². The molecule has 1 atom stereocenters. The molecule has 2 aromatic carbocycles. The number of fused-ring (bicyclic) bond motifs is 1. The zero-order chi connectivity index (χ0) is 14.8. The van der Waals surface area contributed by atoms with Crippen molar-refractivity contribution in [3.05, 3.63) is 64.7 Å². The predicted molar refractivity (Wildman–Crippen MR) is 82.8 cm³/mol. The minimum atomic E-state index is -0.146. The Morgan fingerprint density at radius 3 is 2.67 bits per heavy atom. The molecule has 21 heavy (non-hydrogen) atoms. The van der Waals surface area contributed by atoms with E-state index in [-0.39, 0.29) is 11.8 Å². The first kappa shape index (κ1) is 13.8. The molecule has 108 valence electrons. The molecule has 3 nitrogen and oxygen atoms in total. The molecule has 2 aromatic rings. The van der Waals surface area contributed by atoms with E-state index in [9.17, 15) is 4.79 Å². The second-order valence-electron chi connectivity index (χ2n) is 5.45. The number of ketones is 1. The molecule has 0 aliphatic carbocycles. The van der Waals surface area contributed by atoms with Gasteiger partial charge in [0.2, 0.25) is 0 Å². The lowest BCUT2D eigenvalue weighted by molar-refractivity contribution is 0.0937. The summed E-state index contributed by atoms with van der Waals surface area (Å²) in [6.45, 7) is 2.70. The van der Waals surface area contributed by atoms with Crippen LogP contribution in [0, 0.1) is 6.92 Å². The first-order valence-corrected chi connectivity index (χ1v) is 7.18. The molecule has 0 bridgehead atoms. The molecule has 3 heteroatoms. The molecule has 1 N–H and O–H groups in total. The van der Waals surface area contributed by atoms with Gasteiger partial charge in [0.1, 0.15) is 5.75 Å². The highest BCUT2D eigenvalue weighted by molar-refractivity contribution is 6.01. The van der Waals surface area contributed by atoms with Crippen molar-refractivity contribution in [2.24, 2.45) is 0 Å². The van der Waals surface area contributed by atoms with Crippen molar-refractivity contribution in [2.45, 2.75) is 25.9 Å². The van der Waals surface area contributed by atoms with Gasteiger partial charge in [-0.2, -0.15) is 0 Å². The van der Waals surface area contributed by atoms with E-state index in [1.54, 1.807) is 7.11 Å². The third-order valence-corrected chi connectivity index (χ3v) is 4.10. The van der Waals surface area contributed by atoms with Gasteiger partial charge >= 0.3 is 0 Å². The van der Waals surface area contributed by atoms with Crippen LogP contribution in [0.25, 0.3) is 0 Å². The molecule has 0 saturated carbocycles. The third kappa shape index (κ3) is 2.69. The summed E-state index contributed by atoms with van der Waals surface area (Å²) in [5.74, 6) is 0.940. The van der Waals surface area contributed by atoms with Crippen molar-refractivity contribution in [2.75, 3.05) is 7.11 Å². The zero-order valence-corrected chi connectivity index (χ0v) is 12.3. The Bertz CT molecular complexity index is 679. The number of aryl methyl sites for hydroxylation is 1. The Kier molecular flexibility index (Phi) is 3.76. The number of methoxy groups -OCH3 is 1. The van der Waals surface area contributed by atoms with Gasteiger partial charge in [-0.3, -0.25) is 4.79 Å². The molecular weight excluding hydrogens is 262 g/mol. The number of hydrogen-bond donors (Lipinski definition) is 1. The summed E-state index contributed by atoms with van der Waals surface area (Å²) in [6, 6.07) is 13.8. The minimum absolute atomic E-state index is 0.146. The SMILES string of the molecule is COc1ccc(C(=O)C2Cc3ccccc3CN2)c(C)c1. The fourth-order valence-corrected chi connectivity index (χ4v) is 2.87. The molecule has 1 aliphatic heterocycles. The van der Waals surface area contributed by atoms with Crippen molar-refractivity contribution in [3.8, 4) is 5.75 Å². The van der Waals surface area contributed by atoms with Crippen molar-refractivity contribution >= 4 is 5.78 Å². The van der Waals surface area contributed by atoms with Crippen LogP contribution in [-0.4, -0.2) is 18.9 Å². The Balaban J connectivity index is 1.84. The first-order valence-electron chi connectivity index (χ1n) is 7.18. The van der Waals surface area contributed by atoms with Gasteiger partial charge in [-0.1, -0.05) is 24.3 Å². The summed E-state index contributed by atoms with van der Waals surface area (Å²) < 4.78 is 5.19. The van der Waals surface area contributed by atoms with Crippen LogP contribution in [0.15, 0.2) is 42.5 Å². The van der Waals surface area contributed by atoms with Gasteiger partial charge in [0.05, 0.1) is 13.2 Å². The molecule has 0 radical (unpaired) electrons. The van der Waals surface area contributed by atoms with Crippen molar-refractivity contribution in [1.82, 2.24) is 5.32 Å². The molecule has 0 aromatic heterocycles. The second-order valence-corrected chi connectivity index (χ2v) is 5.45. The van der Waals surface area contributed by atoms with Crippen LogP contribution in [0.4, 0.5) is 0 Å². The van der Waals surface area contributed by atoms with Crippen molar-refractivity contribution in [1.29, 1.82) is 0 Å². The molecule has 0 amide bonds. The van der Waals surface area contributed by atoms with Gasteiger partial charge in [-0.05, 0) is 48.2 Å². The Morgan fingerprint density at radius 2 is 1.95 bits per heavy atom. The van der Waals surface area contributed by atoms with Crippen LogP contribution in [-0.2, 0) is 13.0 Å². The summed E-state index contributed by atoms with van der Waals surface area (Å²) in [7, 11) is 1.63. The lowest BCUT2D eigenvalue weighted by atomic mass is 9.90. The maximum Gasteiger partial charge on any atom is 0.180 e. The number of rotatable bonds is 3. The van der Waals surface area contributed by atoms with Crippen LogP contribution in [0.1, 0.15) is 27.0 Å². The van der Waals surface area contributed by atoms with Gasteiger partial charge in [-0.15, -0.1) is 0 Å². The average Bonchev–Trinajstić information content (AvgIpc) is 2.53. The van der Waals surface area contributed by atoms with E-state index < -0.39 is 0 Å². The van der Waals surface area contributed by atoms with Crippen LogP contribution in [0.5, 0.6) is 5.75 Å². The highest BCUT2D eigenvalue weighted by Crippen LogP contribution is 2.22. The summed E-state index contributed by atoms with van der Waals surface area (Å²) in [5, 5.41) is 3.35. The van der Waals surface area contributed by atoms with E-state index >= 15 is 0 Å².